The topological polar surface area (TPSA) is 30.5 Å². The van der Waals surface area contributed by atoms with Crippen molar-refractivity contribution in [3.05, 3.63) is 29.6 Å². The fourth-order valence-electron chi connectivity index (χ4n) is 2.21. The Morgan fingerprint density at radius 2 is 2.10 bits per heavy atom. The Morgan fingerprint density at radius 1 is 1.35 bits per heavy atom. The molecule has 1 saturated heterocycles. The maximum atomic E-state index is 14.0. The van der Waals surface area contributed by atoms with Crippen molar-refractivity contribution in [3.63, 3.8) is 0 Å². The van der Waals surface area contributed by atoms with Gasteiger partial charge < -0.3 is 14.8 Å². The predicted molar refractivity (Wildman–Crippen MR) is 77.4 cm³/mol. The lowest BCUT2D eigenvalue weighted by Gasteiger charge is -2.22. The Hall–Kier alpha value is -1.13. The molecule has 0 saturated carbocycles. The normalized spacial score (nSPS) is 16.6. The molecular weight excluding hydrogens is 257 g/mol. The molecule has 0 radical (unpaired) electrons. The lowest BCUT2D eigenvalue weighted by atomic mass is 10.0. The Balaban J connectivity index is 1.85. The van der Waals surface area contributed by atoms with Crippen LogP contribution in [0, 0.1) is 11.7 Å². The molecule has 0 unspecified atom stereocenters. The van der Waals surface area contributed by atoms with E-state index in [1.807, 2.05) is 6.07 Å². The van der Waals surface area contributed by atoms with Crippen molar-refractivity contribution < 1.29 is 13.9 Å². The summed E-state index contributed by atoms with van der Waals surface area (Å²) < 4.78 is 24.9. The minimum atomic E-state index is -0.278. The molecule has 1 aliphatic heterocycles. The van der Waals surface area contributed by atoms with Crippen LogP contribution < -0.4 is 10.1 Å². The number of hydrogen-bond donors (Lipinski definition) is 1. The first-order valence-corrected chi connectivity index (χ1v) is 7.37. The van der Waals surface area contributed by atoms with Crippen molar-refractivity contribution in [1.29, 1.82) is 0 Å². The van der Waals surface area contributed by atoms with Crippen molar-refractivity contribution in [1.82, 2.24) is 5.32 Å². The summed E-state index contributed by atoms with van der Waals surface area (Å²) in [5.41, 5.74) is 0.939. The van der Waals surface area contributed by atoms with Crippen LogP contribution in [0.2, 0.25) is 0 Å². The highest BCUT2D eigenvalue weighted by Crippen LogP contribution is 2.21. The van der Waals surface area contributed by atoms with Gasteiger partial charge in [-0.25, -0.2) is 4.39 Å². The average molecular weight is 281 g/mol. The highest BCUT2D eigenvalue weighted by atomic mass is 19.1. The van der Waals surface area contributed by atoms with Crippen LogP contribution in [0.4, 0.5) is 4.39 Å². The molecule has 3 nitrogen and oxygen atoms in total. The number of rotatable bonds is 6. The van der Waals surface area contributed by atoms with Gasteiger partial charge in [-0.05, 0) is 36.5 Å². The Morgan fingerprint density at radius 3 is 2.75 bits per heavy atom. The molecule has 0 aromatic heterocycles. The summed E-state index contributed by atoms with van der Waals surface area (Å²) in [4.78, 5) is 0. The lowest BCUT2D eigenvalue weighted by Crippen LogP contribution is -2.22. The van der Waals surface area contributed by atoms with Gasteiger partial charge in [-0.2, -0.15) is 0 Å². The van der Waals surface area contributed by atoms with Gasteiger partial charge in [0.05, 0.1) is 6.61 Å². The van der Waals surface area contributed by atoms with Crippen LogP contribution in [-0.2, 0) is 11.3 Å². The molecular formula is C16H24FNO2. The highest BCUT2D eigenvalue weighted by Gasteiger charge is 2.15. The van der Waals surface area contributed by atoms with E-state index in [9.17, 15) is 4.39 Å². The molecule has 1 N–H and O–H groups in total. The van der Waals surface area contributed by atoms with E-state index in [4.69, 9.17) is 9.47 Å². The van der Waals surface area contributed by atoms with E-state index >= 15 is 0 Å². The zero-order valence-electron chi connectivity index (χ0n) is 12.3. The van der Waals surface area contributed by atoms with E-state index < -0.39 is 0 Å². The van der Waals surface area contributed by atoms with Gasteiger partial charge in [-0.3, -0.25) is 0 Å². The fraction of sp³-hybridized carbons (Fsp3) is 0.625. The molecule has 20 heavy (non-hydrogen) atoms. The zero-order chi connectivity index (χ0) is 14.4. The quantitative estimate of drug-likeness (QED) is 0.869. The molecule has 1 fully saturated rings. The van der Waals surface area contributed by atoms with Crippen molar-refractivity contribution in [2.75, 3.05) is 19.8 Å². The molecule has 2 rings (SSSR count). The van der Waals surface area contributed by atoms with Crippen LogP contribution in [0.15, 0.2) is 18.2 Å². The maximum Gasteiger partial charge on any atom is 0.165 e. The molecule has 112 valence electrons. The Kier molecular flexibility index (Phi) is 5.80. The summed E-state index contributed by atoms with van der Waals surface area (Å²) in [6.07, 6.45) is 2.00. The van der Waals surface area contributed by atoms with E-state index in [2.05, 4.69) is 19.2 Å². The van der Waals surface area contributed by atoms with Gasteiger partial charge in [0.2, 0.25) is 0 Å². The molecule has 0 bridgehead atoms. The van der Waals surface area contributed by atoms with Crippen molar-refractivity contribution in [3.8, 4) is 5.75 Å². The molecule has 1 aromatic carbocycles. The first-order chi connectivity index (χ1) is 9.65. The van der Waals surface area contributed by atoms with Gasteiger partial charge in [-0.15, -0.1) is 0 Å². The first-order valence-electron chi connectivity index (χ1n) is 7.37. The second kappa shape index (κ2) is 7.60. The summed E-state index contributed by atoms with van der Waals surface area (Å²) in [6.45, 7) is 6.97. The summed E-state index contributed by atoms with van der Waals surface area (Å²) in [5, 5.41) is 3.27. The largest absolute Gasteiger partial charge is 0.490 e. The van der Waals surface area contributed by atoms with Crippen LogP contribution in [0.25, 0.3) is 0 Å². The zero-order valence-corrected chi connectivity index (χ0v) is 12.3. The third-order valence-electron chi connectivity index (χ3n) is 3.53. The van der Waals surface area contributed by atoms with Crippen LogP contribution in [-0.4, -0.2) is 25.9 Å². The first kappa shape index (κ1) is 15.3. The number of benzene rings is 1. The van der Waals surface area contributed by atoms with Crippen molar-refractivity contribution in [2.24, 2.45) is 5.92 Å². The van der Waals surface area contributed by atoms with Crippen molar-refractivity contribution >= 4 is 0 Å². The van der Waals surface area contributed by atoms with Gasteiger partial charge in [0, 0.05) is 25.8 Å². The molecule has 0 amide bonds. The minimum Gasteiger partial charge on any atom is -0.490 e. The molecule has 1 aliphatic rings. The molecule has 1 aromatic rings. The minimum absolute atomic E-state index is 0.278. The van der Waals surface area contributed by atoms with Crippen molar-refractivity contribution in [2.45, 2.75) is 39.3 Å². The number of ether oxygens (including phenoxy) is 2. The smallest absolute Gasteiger partial charge is 0.165 e. The van der Waals surface area contributed by atoms with Crippen LogP contribution in [0.1, 0.15) is 32.3 Å². The maximum absolute atomic E-state index is 14.0. The van der Waals surface area contributed by atoms with Gasteiger partial charge in [-0.1, -0.05) is 19.9 Å². The number of hydrogen-bond acceptors (Lipinski definition) is 3. The second-order valence-corrected chi connectivity index (χ2v) is 5.67. The highest BCUT2D eigenvalue weighted by molar-refractivity contribution is 5.29. The van der Waals surface area contributed by atoms with E-state index in [1.54, 1.807) is 12.1 Å². The Bertz CT molecular complexity index is 417. The van der Waals surface area contributed by atoms with Gasteiger partial charge >= 0.3 is 0 Å². The molecule has 1 heterocycles. The third kappa shape index (κ3) is 4.76. The number of nitrogens with one attached hydrogen (secondary N) is 1. The molecule has 4 heteroatoms. The van der Waals surface area contributed by atoms with Gasteiger partial charge in [0.1, 0.15) is 0 Å². The van der Waals surface area contributed by atoms with E-state index in [0.717, 1.165) is 31.6 Å². The SMILES string of the molecule is CC(C)NCc1ccc(OCC2CCOCC2)c(F)c1. The third-order valence-corrected chi connectivity index (χ3v) is 3.53. The molecule has 0 aliphatic carbocycles. The summed E-state index contributed by atoms with van der Waals surface area (Å²) in [6, 6.07) is 5.58. The predicted octanol–water partition coefficient (Wildman–Crippen LogP) is 3.13. The van der Waals surface area contributed by atoms with Crippen LogP contribution in [0.5, 0.6) is 5.75 Å². The summed E-state index contributed by atoms with van der Waals surface area (Å²) >= 11 is 0. The number of halogens is 1. The fourth-order valence-corrected chi connectivity index (χ4v) is 2.21. The van der Waals surface area contributed by atoms with E-state index in [-0.39, 0.29) is 5.82 Å². The standard InChI is InChI=1S/C16H24FNO2/c1-12(2)18-10-14-3-4-16(15(17)9-14)20-11-13-5-7-19-8-6-13/h3-4,9,12-13,18H,5-8,10-11H2,1-2H3. The molecule has 0 atom stereocenters. The van der Waals surface area contributed by atoms with E-state index in [1.165, 1.54) is 0 Å². The average Bonchev–Trinajstić information content (AvgIpc) is 2.45. The second-order valence-electron chi connectivity index (χ2n) is 5.67. The Labute approximate surface area is 120 Å². The lowest BCUT2D eigenvalue weighted by molar-refractivity contribution is 0.0491. The van der Waals surface area contributed by atoms with E-state index in [0.29, 0.717) is 30.9 Å². The van der Waals surface area contributed by atoms with Gasteiger partial charge in [0.25, 0.3) is 0 Å². The van der Waals surface area contributed by atoms with Crippen LogP contribution >= 0.6 is 0 Å². The summed E-state index contributed by atoms with van der Waals surface area (Å²) in [5.74, 6) is 0.551. The summed E-state index contributed by atoms with van der Waals surface area (Å²) in [7, 11) is 0. The molecule has 0 spiro atoms. The van der Waals surface area contributed by atoms with Gasteiger partial charge in [0.15, 0.2) is 11.6 Å². The van der Waals surface area contributed by atoms with Crippen LogP contribution in [0.3, 0.4) is 0 Å². The monoisotopic (exact) mass is 281 g/mol.